The lowest BCUT2D eigenvalue weighted by Gasteiger charge is -2.39. The van der Waals surface area contributed by atoms with Gasteiger partial charge in [-0.25, -0.2) is 0 Å². The number of hydrogen-bond donors (Lipinski definition) is 1. The molecule has 0 spiro atoms. The Labute approximate surface area is 144 Å². The molecule has 6 nitrogen and oxygen atoms in total. The zero-order chi connectivity index (χ0) is 17.0. The van der Waals surface area contributed by atoms with Gasteiger partial charge in [0.2, 0.25) is 5.91 Å². The summed E-state index contributed by atoms with van der Waals surface area (Å²) in [6.07, 6.45) is 6.58. The lowest BCUT2D eigenvalue weighted by Crippen LogP contribution is -2.50. The largest absolute Gasteiger partial charge is 0.361 e. The topological polar surface area (TPSA) is 75.6 Å². The number of hydrogen-bond acceptors (Lipinski definition) is 5. The minimum Gasteiger partial charge on any atom is -0.361 e. The standard InChI is InChI=1S/C18H30N4O2/c1-15-11-16(20-24-15)13-21-7-9-22(10-8-21)17(23)12-18(14-19)5-3-2-4-6-18/h11H,2-10,12-14,19H2,1H3. The third-order valence-electron chi connectivity index (χ3n) is 5.66. The van der Waals surface area contributed by atoms with Gasteiger partial charge in [-0.15, -0.1) is 0 Å². The van der Waals surface area contributed by atoms with Gasteiger partial charge in [-0.05, 0) is 31.7 Å². The molecule has 0 atom stereocenters. The van der Waals surface area contributed by atoms with E-state index in [1.165, 1.54) is 19.3 Å². The summed E-state index contributed by atoms with van der Waals surface area (Å²) in [6.45, 7) is 6.75. The summed E-state index contributed by atoms with van der Waals surface area (Å²) in [7, 11) is 0. The molecule has 1 aromatic heterocycles. The molecule has 1 saturated carbocycles. The van der Waals surface area contributed by atoms with Crippen LogP contribution in [0.25, 0.3) is 0 Å². The van der Waals surface area contributed by atoms with E-state index in [1.807, 2.05) is 17.9 Å². The molecule has 0 bridgehead atoms. The second-order valence-corrected chi connectivity index (χ2v) is 7.53. The highest BCUT2D eigenvalue weighted by Crippen LogP contribution is 2.38. The predicted octanol–water partition coefficient (Wildman–Crippen LogP) is 1.93. The molecule has 0 radical (unpaired) electrons. The minimum absolute atomic E-state index is 0.0602. The summed E-state index contributed by atoms with van der Waals surface area (Å²) in [5.74, 6) is 1.14. The molecule has 2 N–H and O–H groups in total. The van der Waals surface area contributed by atoms with Gasteiger partial charge in [0, 0.05) is 45.2 Å². The number of rotatable bonds is 5. The fourth-order valence-corrected chi connectivity index (χ4v) is 4.06. The maximum Gasteiger partial charge on any atom is 0.223 e. The smallest absolute Gasteiger partial charge is 0.223 e. The molecule has 2 heterocycles. The number of piperazine rings is 1. The van der Waals surface area contributed by atoms with E-state index >= 15 is 0 Å². The number of amides is 1. The minimum atomic E-state index is 0.0602. The summed E-state index contributed by atoms with van der Waals surface area (Å²) in [6, 6.07) is 1.98. The Balaban J connectivity index is 1.47. The predicted molar refractivity (Wildman–Crippen MR) is 92.3 cm³/mol. The van der Waals surface area contributed by atoms with Gasteiger partial charge in [0.1, 0.15) is 5.76 Å². The Hall–Kier alpha value is -1.40. The van der Waals surface area contributed by atoms with E-state index in [0.29, 0.717) is 18.9 Å². The Kier molecular flexibility index (Phi) is 5.56. The number of carbonyl (C=O) groups is 1. The summed E-state index contributed by atoms with van der Waals surface area (Å²) in [5.41, 5.74) is 7.06. The molecule has 2 fully saturated rings. The maximum absolute atomic E-state index is 12.7. The molecule has 0 unspecified atom stereocenters. The molecule has 1 amide bonds. The van der Waals surface area contributed by atoms with Crippen LogP contribution in [0.5, 0.6) is 0 Å². The second kappa shape index (κ2) is 7.66. The second-order valence-electron chi connectivity index (χ2n) is 7.53. The van der Waals surface area contributed by atoms with Crippen molar-refractivity contribution in [2.24, 2.45) is 11.1 Å². The van der Waals surface area contributed by atoms with Gasteiger partial charge in [-0.3, -0.25) is 9.69 Å². The first-order valence-corrected chi connectivity index (χ1v) is 9.23. The van der Waals surface area contributed by atoms with Gasteiger partial charge in [0.15, 0.2) is 0 Å². The molecule has 24 heavy (non-hydrogen) atoms. The summed E-state index contributed by atoms with van der Waals surface area (Å²) >= 11 is 0. The summed E-state index contributed by atoms with van der Waals surface area (Å²) in [5, 5.41) is 4.05. The fourth-order valence-electron chi connectivity index (χ4n) is 4.06. The number of nitrogens with zero attached hydrogens (tertiary/aromatic N) is 3. The molecule has 1 saturated heterocycles. The average molecular weight is 334 g/mol. The van der Waals surface area contributed by atoms with Gasteiger partial charge in [-0.2, -0.15) is 0 Å². The highest BCUT2D eigenvalue weighted by atomic mass is 16.5. The third-order valence-corrected chi connectivity index (χ3v) is 5.66. The molecule has 1 aliphatic carbocycles. The number of carbonyl (C=O) groups excluding carboxylic acids is 1. The zero-order valence-electron chi connectivity index (χ0n) is 14.8. The molecule has 1 aromatic rings. The molecule has 1 aliphatic heterocycles. The van der Waals surface area contributed by atoms with Crippen molar-refractivity contribution in [2.75, 3.05) is 32.7 Å². The van der Waals surface area contributed by atoms with Crippen LogP contribution in [0.1, 0.15) is 50.0 Å². The first kappa shape index (κ1) is 17.4. The van der Waals surface area contributed by atoms with E-state index in [9.17, 15) is 4.79 Å². The first-order valence-electron chi connectivity index (χ1n) is 9.23. The number of nitrogens with two attached hydrogens (primary N) is 1. The van der Waals surface area contributed by atoms with E-state index in [1.54, 1.807) is 0 Å². The van der Waals surface area contributed by atoms with Crippen molar-refractivity contribution in [1.82, 2.24) is 15.0 Å². The van der Waals surface area contributed by atoms with Crippen LogP contribution in [0.4, 0.5) is 0 Å². The van der Waals surface area contributed by atoms with Crippen LogP contribution < -0.4 is 5.73 Å². The van der Waals surface area contributed by atoms with Crippen molar-refractivity contribution >= 4 is 5.91 Å². The SMILES string of the molecule is Cc1cc(CN2CCN(C(=O)CC3(CN)CCCCC3)CC2)no1. The Morgan fingerprint density at radius 3 is 2.54 bits per heavy atom. The highest BCUT2D eigenvalue weighted by Gasteiger charge is 2.35. The third kappa shape index (κ3) is 4.16. The first-order chi connectivity index (χ1) is 11.6. The Morgan fingerprint density at radius 1 is 1.25 bits per heavy atom. The van der Waals surface area contributed by atoms with Crippen molar-refractivity contribution in [3.63, 3.8) is 0 Å². The van der Waals surface area contributed by atoms with Gasteiger partial charge in [-0.1, -0.05) is 24.4 Å². The van der Waals surface area contributed by atoms with E-state index in [0.717, 1.165) is 57.0 Å². The van der Waals surface area contributed by atoms with E-state index in [2.05, 4.69) is 10.1 Å². The van der Waals surface area contributed by atoms with Gasteiger partial charge < -0.3 is 15.2 Å². The molecule has 134 valence electrons. The van der Waals surface area contributed by atoms with Crippen molar-refractivity contribution in [3.05, 3.63) is 17.5 Å². The van der Waals surface area contributed by atoms with Crippen LogP contribution in [0, 0.1) is 12.3 Å². The molecular formula is C18H30N4O2. The number of aromatic nitrogens is 1. The van der Waals surface area contributed by atoms with Gasteiger partial charge in [0.05, 0.1) is 5.69 Å². The van der Waals surface area contributed by atoms with E-state index < -0.39 is 0 Å². The zero-order valence-corrected chi connectivity index (χ0v) is 14.8. The van der Waals surface area contributed by atoms with Gasteiger partial charge >= 0.3 is 0 Å². The Bertz CT molecular complexity index is 543. The summed E-state index contributed by atoms with van der Waals surface area (Å²) < 4.78 is 5.12. The molecular weight excluding hydrogens is 304 g/mol. The van der Waals surface area contributed by atoms with E-state index in [-0.39, 0.29) is 5.41 Å². The van der Waals surface area contributed by atoms with Crippen molar-refractivity contribution in [3.8, 4) is 0 Å². The maximum atomic E-state index is 12.7. The molecule has 0 aromatic carbocycles. The van der Waals surface area contributed by atoms with Crippen molar-refractivity contribution < 1.29 is 9.32 Å². The lowest BCUT2D eigenvalue weighted by molar-refractivity contribution is -0.136. The summed E-state index contributed by atoms with van der Waals surface area (Å²) in [4.78, 5) is 17.1. The molecule has 3 rings (SSSR count). The molecule has 2 aliphatic rings. The van der Waals surface area contributed by atoms with Crippen LogP contribution >= 0.6 is 0 Å². The van der Waals surface area contributed by atoms with E-state index in [4.69, 9.17) is 10.3 Å². The highest BCUT2D eigenvalue weighted by molar-refractivity contribution is 5.77. The quantitative estimate of drug-likeness (QED) is 0.890. The van der Waals surface area contributed by atoms with Crippen LogP contribution in [0.15, 0.2) is 10.6 Å². The van der Waals surface area contributed by atoms with Gasteiger partial charge in [0.25, 0.3) is 0 Å². The van der Waals surface area contributed by atoms with Crippen LogP contribution in [-0.2, 0) is 11.3 Å². The Morgan fingerprint density at radius 2 is 1.96 bits per heavy atom. The van der Waals surface area contributed by atoms with Crippen LogP contribution in [-0.4, -0.2) is 53.6 Å². The normalized spacial score (nSPS) is 21.8. The molecule has 6 heteroatoms. The lowest BCUT2D eigenvalue weighted by atomic mass is 9.71. The number of aryl methyl sites for hydroxylation is 1. The van der Waals surface area contributed by atoms with Crippen molar-refractivity contribution in [1.29, 1.82) is 0 Å². The van der Waals surface area contributed by atoms with Crippen LogP contribution in [0.2, 0.25) is 0 Å². The average Bonchev–Trinajstić information content (AvgIpc) is 3.01. The van der Waals surface area contributed by atoms with Crippen LogP contribution in [0.3, 0.4) is 0 Å². The monoisotopic (exact) mass is 334 g/mol. The van der Waals surface area contributed by atoms with Crippen molar-refractivity contribution in [2.45, 2.75) is 52.0 Å². The fraction of sp³-hybridized carbons (Fsp3) is 0.778.